The van der Waals surface area contributed by atoms with Crippen LogP contribution in [0.1, 0.15) is 20.3 Å². The summed E-state index contributed by atoms with van der Waals surface area (Å²) in [5.41, 5.74) is 0. The molecule has 1 atom stereocenters. The van der Waals surface area contributed by atoms with Crippen molar-refractivity contribution in [2.75, 3.05) is 19.8 Å². The number of carbonyl (C=O) groups is 3. The summed E-state index contributed by atoms with van der Waals surface area (Å²) >= 11 is 0. The predicted molar refractivity (Wildman–Crippen MR) is 58.1 cm³/mol. The Hall–Kier alpha value is -1.43. The number of aliphatic carboxylic acids is 1. The zero-order valence-electron chi connectivity index (χ0n) is 10.0. The van der Waals surface area contributed by atoms with Gasteiger partial charge in [0.25, 0.3) is 11.8 Å². The molecule has 0 bridgehead atoms. The van der Waals surface area contributed by atoms with Crippen molar-refractivity contribution in [2.45, 2.75) is 20.3 Å². The lowest BCUT2D eigenvalue weighted by Gasteiger charge is -2.27. The third-order valence-corrected chi connectivity index (χ3v) is 2.56. The number of carboxylic acids is 1. The zero-order chi connectivity index (χ0) is 13.0. The van der Waals surface area contributed by atoms with E-state index in [1.165, 1.54) is 0 Å². The quantitative estimate of drug-likeness (QED) is 0.693. The fraction of sp³-hybridized carbons (Fsp3) is 0.727. The fourth-order valence-corrected chi connectivity index (χ4v) is 1.77. The Bertz CT molecular complexity index is 310. The number of rotatable bonds is 5. The first-order valence-electron chi connectivity index (χ1n) is 5.55. The first-order valence-corrected chi connectivity index (χ1v) is 5.55. The smallest absolute Gasteiger partial charge is 0.308 e. The molecule has 0 aromatic heterocycles. The summed E-state index contributed by atoms with van der Waals surface area (Å²) in [6, 6.07) is 0. The van der Waals surface area contributed by atoms with E-state index in [0.29, 0.717) is 6.42 Å². The molecule has 0 aromatic carbocycles. The second kappa shape index (κ2) is 5.77. The van der Waals surface area contributed by atoms with Gasteiger partial charge in [-0.15, -0.1) is 0 Å². The molecule has 1 aliphatic rings. The molecular weight excluding hydrogens is 226 g/mol. The van der Waals surface area contributed by atoms with Crippen LogP contribution in [0.2, 0.25) is 0 Å². The van der Waals surface area contributed by atoms with Crippen molar-refractivity contribution in [3.63, 3.8) is 0 Å². The molecular formula is C11H17NO5. The molecule has 1 rings (SSSR count). The summed E-state index contributed by atoms with van der Waals surface area (Å²) in [7, 11) is 0. The van der Waals surface area contributed by atoms with Gasteiger partial charge < -0.3 is 9.84 Å². The van der Waals surface area contributed by atoms with Crippen molar-refractivity contribution in [1.82, 2.24) is 4.90 Å². The third-order valence-electron chi connectivity index (χ3n) is 2.56. The second-order valence-corrected chi connectivity index (χ2v) is 4.56. The Labute approximate surface area is 99.5 Å². The Balaban J connectivity index is 2.67. The average molecular weight is 243 g/mol. The van der Waals surface area contributed by atoms with Crippen molar-refractivity contribution < 1.29 is 24.2 Å². The largest absolute Gasteiger partial charge is 0.481 e. The van der Waals surface area contributed by atoms with E-state index in [1.807, 2.05) is 13.8 Å². The van der Waals surface area contributed by atoms with E-state index in [-0.39, 0.29) is 25.7 Å². The number of carbonyl (C=O) groups excluding carboxylic acids is 2. The van der Waals surface area contributed by atoms with Gasteiger partial charge in [0.05, 0.1) is 5.92 Å². The van der Waals surface area contributed by atoms with E-state index in [4.69, 9.17) is 9.84 Å². The van der Waals surface area contributed by atoms with Gasteiger partial charge in [-0.25, -0.2) is 0 Å². The maximum atomic E-state index is 11.4. The van der Waals surface area contributed by atoms with E-state index in [0.717, 1.165) is 4.90 Å². The van der Waals surface area contributed by atoms with E-state index < -0.39 is 23.7 Å². The van der Waals surface area contributed by atoms with Crippen LogP contribution in [0, 0.1) is 11.8 Å². The lowest BCUT2D eigenvalue weighted by Crippen LogP contribution is -2.49. The maximum absolute atomic E-state index is 11.4. The molecule has 96 valence electrons. The highest BCUT2D eigenvalue weighted by molar-refractivity contribution is 5.98. The number of hydrogen-bond acceptors (Lipinski definition) is 4. The average Bonchev–Trinajstić information content (AvgIpc) is 2.21. The summed E-state index contributed by atoms with van der Waals surface area (Å²) < 4.78 is 4.76. The number of carboxylic acid groups (broad SMARTS) is 1. The topological polar surface area (TPSA) is 83.9 Å². The number of amides is 2. The minimum atomic E-state index is -0.981. The lowest BCUT2D eigenvalue weighted by molar-refractivity contribution is -0.160. The lowest BCUT2D eigenvalue weighted by atomic mass is 9.96. The van der Waals surface area contributed by atoms with E-state index in [2.05, 4.69) is 0 Å². The monoisotopic (exact) mass is 243 g/mol. The van der Waals surface area contributed by atoms with Crippen molar-refractivity contribution in [1.29, 1.82) is 0 Å². The van der Waals surface area contributed by atoms with Gasteiger partial charge in [0.2, 0.25) is 0 Å². The summed E-state index contributed by atoms with van der Waals surface area (Å²) in [6.07, 6.45) is 0.438. The Kier molecular flexibility index (Phi) is 4.62. The van der Waals surface area contributed by atoms with Gasteiger partial charge in [0.1, 0.15) is 13.2 Å². The summed E-state index contributed by atoms with van der Waals surface area (Å²) in [5, 5.41) is 9.04. The predicted octanol–water partition coefficient (Wildman–Crippen LogP) is 0.119. The SMILES string of the molecule is CC(C)CC(CN1C(=O)COCC1=O)C(=O)O. The Morgan fingerprint density at radius 3 is 2.29 bits per heavy atom. The van der Waals surface area contributed by atoms with Crippen LogP contribution in [0.4, 0.5) is 0 Å². The van der Waals surface area contributed by atoms with Gasteiger partial charge in [-0.1, -0.05) is 13.8 Å². The van der Waals surface area contributed by atoms with E-state index in [1.54, 1.807) is 0 Å². The molecule has 0 aromatic rings. The molecule has 17 heavy (non-hydrogen) atoms. The second-order valence-electron chi connectivity index (χ2n) is 4.56. The van der Waals surface area contributed by atoms with Crippen molar-refractivity contribution in [3.8, 4) is 0 Å². The van der Waals surface area contributed by atoms with Crippen LogP contribution >= 0.6 is 0 Å². The third kappa shape index (κ3) is 3.81. The van der Waals surface area contributed by atoms with Gasteiger partial charge in [-0.2, -0.15) is 0 Å². The number of nitrogens with zero attached hydrogens (tertiary/aromatic N) is 1. The highest BCUT2D eigenvalue weighted by Crippen LogP contribution is 2.15. The van der Waals surface area contributed by atoms with Crippen LogP contribution in [-0.4, -0.2) is 47.5 Å². The molecule has 0 saturated carbocycles. The Morgan fingerprint density at radius 2 is 1.88 bits per heavy atom. The molecule has 0 aliphatic carbocycles. The summed E-state index contributed by atoms with van der Waals surface area (Å²) in [5.74, 6) is -2.42. The first kappa shape index (κ1) is 13.6. The van der Waals surface area contributed by atoms with Gasteiger partial charge >= 0.3 is 5.97 Å². The molecule has 2 amide bonds. The van der Waals surface area contributed by atoms with E-state index in [9.17, 15) is 14.4 Å². The molecule has 1 heterocycles. The molecule has 1 N–H and O–H groups in total. The van der Waals surface area contributed by atoms with Crippen LogP contribution < -0.4 is 0 Å². The van der Waals surface area contributed by atoms with Crippen molar-refractivity contribution in [3.05, 3.63) is 0 Å². The van der Waals surface area contributed by atoms with E-state index >= 15 is 0 Å². The maximum Gasteiger partial charge on any atom is 0.308 e. The highest BCUT2D eigenvalue weighted by Gasteiger charge is 2.31. The molecule has 1 aliphatic heterocycles. The van der Waals surface area contributed by atoms with Crippen LogP contribution in [-0.2, 0) is 19.1 Å². The molecule has 1 fully saturated rings. The van der Waals surface area contributed by atoms with Crippen LogP contribution in [0.3, 0.4) is 0 Å². The number of hydrogen-bond donors (Lipinski definition) is 1. The Morgan fingerprint density at radius 1 is 1.35 bits per heavy atom. The van der Waals surface area contributed by atoms with Gasteiger partial charge in [-0.05, 0) is 12.3 Å². The molecule has 0 spiro atoms. The minimum Gasteiger partial charge on any atom is -0.481 e. The number of morpholine rings is 1. The van der Waals surface area contributed by atoms with Crippen LogP contribution in [0.25, 0.3) is 0 Å². The van der Waals surface area contributed by atoms with Gasteiger partial charge in [-0.3, -0.25) is 19.3 Å². The minimum absolute atomic E-state index is 0.0610. The molecule has 1 saturated heterocycles. The molecule has 0 radical (unpaired) electrons. The normalized spacial score (nSPS) is 18.6. The number of ether oxygens (including phenoxy) is 1. The zero-order valence-corrected chi connectivity index (χ0v) is 10.0. The number of imide groups is 1. The molecule has 1 unspecified atom stereocenters. The first-order chi connectivity index (χ1) is 7.91. The van der Waals surface area contributed by atoms with Crippen molar-refractivity contribution >= 4 is 17.8 Å². The standard InChI is InChI=1S/C11H17NO5/c1-7(2)3-8(11(15)16)4-12-9(13)5-17-6-10(12)14/h7-8H,3-6H2,1-2H3,(H,15,16). The summed E-state index contributed by atoms with van der Waals surface area (Å²) in [6.45, 7) is 3.44. The van der Waals surface area contributed by atoms with Gasteiger partial charge in [0.15, 0.2) is 0 Å². The van der Waals surface area contributed by atoms with Gasteiger partial charge in [0, 0.05) is 6.54 Å². The van der Waals surface area contributed by atoms with Crippen LogP contribution in [0.15, 0.2) is 0 Å². The highest BCUT2D eigenvalue weighted by atomic mass is 16.5. The fourth-order valence-electron chi connectivity index (χ4n) is 1.77. The summed E-state index contributed by atoms with van der Waals surface area (Å²) in [4.78, 5) is 34.9. The molecule has 6 heteroatoms. The molecule has 6 nitrogen and oxygen atoms in total. The van der Waals surface area contributed by atoms with Crippen molar-refractivity contribution in [2.24, 2.45) is 11.8 Å². The van der Waals surface area contributed by atoms with Crippen LogP contribution in [0.5, 0.6) is 0 Å².